The number of rotatable bonds is 2. The molecule has 0 saturated carbocycles. The molecule has 2 nitrogen and oxygen atoms in total. The normalized spacial score (nSPS) is 20.1. The van der Waals surface area contributed by atoms with Crippen LogP contribution in [0.15, 0.2) is 42.5 Å². The summed E-state index contributed by atoms with van der Waals surface area (Å²) in [4.78, 5) is 12.2. The summed E-state index contributed by atoms with van der Waals surface area (Å²) in [5.41, 5.74) is 1.97. The number of nitrogens with one attached hydrogen (secondary N) is 1. The minimum absolute atomic E-state index is 0.0549. The van der Waals surface area contributed by atoms with E-state index in [1.807, 2.05) is 24.3 Å². The molecule has 2 unspecified atom stereocenters. The van der Waals surface area contributed by atoms with Gasteiger partial charge in [-0.3, -0.25) is 4.79 Å². The Hall–Kier alpha value is -1.94. The Bertz CT molecular complexity index is 684. The minimum atomic E-state index is -0.783. The van der Waals surface area contributed by atoms with Gasteiger partial charge in [0.15, 0.2) is 0 Å². The number of benzene rings is 2. The SMILES string of the molecule is O=C(NC1c2ccccc2CC1Cl)c1cc(F)cc(F)c1. The van der Waals surface area contributed by atoms with E-state index in [1.165, 1.54) is 0 Å². The van der Waals surface area contributed by atoms with Crippen molar-refractivity contribution in [1.82, 2.24) is 5.32 Å². The zero-order valence-electron chi connectivity index (χ0n) is 10.9. The van der Waals surface area contributed by atoms with Crippen LogP contribution in [0, 0.1) is 11.6 Å². The number of fused-ring (bicyclic) bond motifs is 1. The summed E-state index contributed by atoms with van der Waals surface area (Å²) in [6.45, 7) is 0. The molecule has 2 aromatic carbocycles. The highest BCUT2D eigenvalue weighted by molar-refractivity contribution is 6.21. The van der Waals surface area contributed by atoms with Crippen LogP contribution in [0.5, 0.6) is 0 Å². The van der Waals surface area contributed by atoms with Crippen molar-refractivity contribution in [2.24, 2.45) is 0 Å². The smallest absolute Gasteiger partial charge is 0.252 e. The third-order valence-electron chi connectivity index (χ3n) is 3.58. The molecular formula is C16H12ClF2NO. The molecule has 0 saturated heterocycles. The molecule has 0 spiro atoms. The van der Waals surface area contributed by atoms with Crippen LogP contribution in [-0.2, 0) is 6.42 Å². The highest BCUT2D eigenvalue weighted by atomic mass is 35.5. The van der Waals surface area contributed by atoms with Crippen molar-refractivity contribution in [1.29, 1.82) is 0 Å². The second-order valence-electron chi connectivity index (χ2n) is 5.03. The number of alkyl halides is 1. The number of hydrogen-bond acceptors (Lipinski definition) is 1. The van der Waals surface area contributed by atoms with Gasteiger partial charge in [0.05, 0.1) is 11.4 Å². The molecule has 1 N–H and O–H groups in total. The van der Waals surface area contributed by atoms with E-state index in [4.69, 9.17) is 11.6 Å². The number of halogens is 3. The molecule has 108 valence electrons. The van der Waals surface area contributed by atoms with E-state index in [2.05, 4.69) is 5.32 Å². The van der Waals surface area contributed by atoms with Crippen molar-refractivity contribution in [2.45, 2.75) is 17.8 Å². The molecule has 2 aromatic rings. The first-order chi connectivity index (χ1) is 10.0. The van der Waals surface area contributed by atoms with Crippen LogP contribution in [-0.4, -0.2) is 11.3 Å². The van der Waals surface area contributed by atoms with Gasteiger partial charge < -0.3 is 5.32 Å². The lowest BCUT2D eigenvalue weighted by atomic mass is 10.1. The summed E-state index contributed by atoms with van der Waals surface area (Å²) in [7, 11) is 0. The largest absolute Gasteiger partial charge is 0.344 e. The molecular weight excluding hydrogens is 296 g/mol. The van der Waals surface area contributed by atoms with Gasteiger partial charge in [0.1, 0.15) is 11.6 Å². The van der Waals surface area contributed by atoms with Gasteiger partial charge in [0.25, 0.3) is 5.91 Å². The minimum Gasteiger partial charge on any atom is -0.344 e. The fourth-order valence-corrected chi connectivity index (χ4v) is 2.99. The lowest BCUT2D eigenvalue weighted by Crippen LogP contribution is -2.32. The summed E-state index contributed by atoms with van der Waals surface area (Å²) >= 11 is 6.27. The predicted octanol–water partition coefficient (Wildman–Crippen LogP) is 3.60. The average molecular weight is 308 g/mol. The Balaban J connectivity index is 1.85. The molecule has 0 radical (unpaired) electrons. The molecule has 0 aliphatic heterocycles. The van der Waals surface area contributed by atoms with Gasteiger partial charge in [-0.05, 0) is 29.7 Å². The van der Waals surface area contributed by atoms with Crippen molar-refractivity contribution in [2.75, 3.05) is 0 Å². The average Bonchev–Trinajstić information content (AvgIpc) is 2.74. The van der Waals surface area contributed by atoms with Crippen LogP contribution in [0.4, 0.5) is 8.78 Å². The zero-order chi connectivity index (χ0) is 15.0. The fourth-order valence-electron chi connectivity index (χ4n) is 2.62. The molecule has 5 heteroatoms. The van der Waals surface area contributed by atoms with Crippen molar-refractivity contribution < 1.29 is 13.6 Å². The highest BCUT2D eigenvalue weighted by Crippen LogP contribution is 2.34. The number of carbonyl (C=O) groups is 1. The van der Waals surface area contributed by atoms with Crippen molar-refractivity contribution in [3.8, 4) is 0 Å². The van der Waals surface area contributed by atoms with Gasteiger partial charge in [-0.1, -0.05) is 24.3 Å². The molecule has 0 fully saturated rings. The van der Waals surface area contributed by atoms with E-state index in [9.17, 15) is 13.6 Å². The molecule has 3 rings (SSSR count). The second kappa shape index (κ2) is 5.45. The van der Waals surface area contributed by atoms with E-state index in [0.29, 0.717) is 6.42 Å². The zero-order valence-corrected chi connectivity index (χ0v) is 11.7. The third-order valence-corrected chi connectivity index (χ3v) is 3.98. The molecule has 1 aliphatic carbocycles. The van der Waals surface area contributed by atoms with Gasteiger partial charge >= 0.3 is 0 Å². The summed E-state index contributed by atoms with van der Waals surface area (Å²) in [6, 6.07) is 10.0. The lowest BCUT2D eigenvalue weighted by molar-refractivity contribution is 0.0936. The summed E-state index contributed by atoms with van der Waals surface area (Å²) in [5.74, 6) is -2.11. The Morgan fingerprint density at radius 2 is 1.81 bits per heavy atom. The molecule has 0 aromatic heterocycles. The van der Waals surface area contributed by atoms with Gasteiger partial charge in [-0.25, -0.2) is 8.78 Å². The predicted molar refractivity (Wildman–Crippen MR) is 76.4 cm³/mol. The maximum atomic E-state index is 13.2. The molecule has 0 heterocycles. The molecule has 2 atom stereocenters. The molecule has 0 bridgehead atoms. The Morgan fingerprint density at radius 1 is 1.14 bits per heavy atom. The van der Waals surface area contributed by atoms with Crippen LogP contribution in [0.1, 0.15) is 27.5 Å². The topological polar surface area (TPSA) is 29.1 Å². The second-order valence-corrected chi connectivity index (χ2v) is 5.59. The Kier molecular flexibility index (Phi) is 3.64. The van der Waals surface area contributed by atoms with E-state index in [-0.39, 0.29) is 17.0 Å². The number of carbonyl (C=O) groups excluding carboxylic acids is 1. The number of hydrogen-bond donors (Lipinski definition) is 1. The Morgan fingerprint density at radius 3 is 2.52 bits per heavy atom. The van der Waals surface area contributed by atoms with Gasteiger partial charge in [-0.2, -0.15) is 0 Å². The van der Waals surface area contributed by atoms with Crippen molar-refractivity contribution in [3.05, 3.63) is 70.8 Å². The third kappa shape index (κ3) is 2.76. The van der Waals surface area contributed by atoms with Gasteiger partial charge in [0.2, 0.25) is 0 Å². The molecule has 1 amide bonds. The van der Waals surface area contributed by atoms with E-state index in [0.717, 1.165) is 29.3 Å². The van der Waals surface area contributed by atoms with E-state index in [1.54, 1.807) is 0 Å². The number of amides is 1. The van der Waals surface area contributed by atoms with Crippen LogP contribution < -0.4 is 5.32 Å². The van der Waals surface area contributed by atoms with Crippen LogP contribution in [0.2, 0.25) is 0 Å². The first-order valence-electron chi connectivity index (χ1n) is 6.53. The first-order valence-corrected chi connectivity index (χ1v) is 6.97. The monoisotopic (exact) mass is 307 g/mol. The standard InChI is InChI=1S/C16H12ClF2NO/c17-14-7-9-3-1-2-4-13(9)15(14)20-16(21)10-5-11(18)8-12(19)6-10/h1-6,8,14-15H,7H2,(H,20,21). The maximum Gasteiger partial charge on any atom is 0.252 e. The van der Waals surface area contributed by atoms with Crippen LogP contribution >= 0.6 is 11.6 Å². The van der Waals surface area contributed by atoms with E-state index < -0.39 is 17.5 Å². The highest BCUT2D eigenvalue weighted by Gasteiger charge is 2.32. The van der Waals surface area contributed by atoms with Crippen molar-refractivity contribution in [3.63, 3.8) is 0 Å². The quantitative estimate of drug-likeness (QED) is 0.844. The first kappa shape index (κ1) is 14.0. The van der Waals surface area contributed by atoms with Crippen LogP contribution in [0.25, 0.3) is 0 Å². The fraction of sp³-hybridized carbons (Fsp3) is 0.188. The summed E-state index contributed by atoms with van der Waals surface area (Å²) in [5, 5.41) is 2.48. The van der Waals surface area contributed by atoms with E-state index >= 15 is 0 Å². The maximum absolute atomic E-state index is 13.2. The van der Waals surface area contributed by atoms with Crippen LogP contribution in [0.3, 0.4) is 0 Å². The Labute approximate surface area is 125 Å². The van der Waals surface area contributed by atoms with Gasteiger partial charge in [-0.15, -0.1) is 11.6 Å². The summed E-state index contributed by atoms with van der Waals surface area (Å²) in [6.07, 6.45) is 0.653. The van der Waals surface area contributed by atoms with Crippen molar-refractivity contribution >= 4 is 17.5 Å². The molecule has 1 aliphatic rings. The molecule has 21 heavy (non-hydrogen) atoms. The lowest BCUT2D eigenvalue weighted by Gasteiger charge is -2.17. The van der Waals surface area contributed by atoms with Gasteiger partial charge in [0, 0.05) is 11.6 Å². The summed E-state index contributed by atoms with van der Waals surface area (Å²) < 4.78 is 26.3.